The monoisotopic (exact) mass is 324 g/mol. The lowest BCUT2D eigenvalue weighted by Crippen LogP contribution is -2.35. The SMILES string of the molecule is CC(C)(C)OC(=O)N1CC[C@@H](CNc2nnc(C3CC3)s2)C1. The van der Waals surface area contributed by atoms with Crippen molar-refractivity contribution in [3.63, 3.8) is 0 Å². The van der Waals surface area contributed by atoms with Gasteiger partial charge in [-0.2, -0.15) is 0 Å². The molecule has 0 radical (unpaired) electrons. The lowest BCUT2D eigenvalue weighted by atomic mass is 10.1. The first-order valence-corrected chi connectivity index (χ1v) is 8.77. The Hall–Kier alpha value is -1.37. The molecule has 1 aromatic rings. The van der Waals surface area contributed by atoms with Crippen molar-refractivity contribution >= 4 is 22.6 Å². The molecule has 1 aliphatic heterocycles. The lowest BCUT2D eigenvalue weighted by molar-refractivity contribution is 0.0289. The highest BCUT2D eigenvalue weighted by Gasteiger charge is 2.30. The van der Waals surface area contributed by atoms with Gasteiger partial charge in [0, 0.05) is 25.6 Å². The van der Waals surface area contributed by atoms with Crippen LogP contribution in [0.15, 0.2) is 0 Å². The summed E-state index contributed by atoms with van der Waals surface area (Å²) in [5.74, 6) is 1.10. The molecule has 0 aromatic carbocycles. The quantitative estimate of drug-likeness (QED) is 0.922. The molecule has 1 amide bonds. The molecule has 2 heterocycles. The second-order valence-electron chi connectivity index (χ2n) is 7.18. The van der Waals surface area contributed by atoms with Crippen molar-refractivity contribution in [3.05, 3.63) is 5.01 Å². The van der Waals surface area contributed by atoms with Crippen molar-refractivity contribution in [2.75, 3.05) is 25.0 Å². The van der Waals surface area contributed by atoms with Crippen molar-refractivity contribution in [1.29, 1.82) is 0 Å². The molecule has 1 saturated heterocycles. The third-order valence-corrected chi connectivity index (χ3v) is 4.89. The van der Waals surface area contributed by atoms with E-state index in [1.165, 1.54) is 12.8 Å². The maximum Gasteiger partial charge on any atom is 0.410 e. The highest BCUT2D eigenvalue weighted by Crippen LogP contribution is 2.42. The minimum atomic E-state index is -0.431. The van der Waals surface area contributed by atoms with Crippen LogP contribution in [0.2, 0.25) is 0 Å². The standard InChI is InChI=1S/C15H24N4O2S/c1-15(2,3)21-14(20)19-7-6-10(9-19)8-16-13-18-17-12(22-13)11-4-5-11/h10-11H,4-9H2,1-3H3,(H,16,18)/t10-/m0/s1. The van der Waals surface area contributed by atoms with Crippen LogP contribution in [-0.4, -0.2) is 46.4 Å². The number of rotatable bonds is 4. The predicted octanol–water partition coefficient (Wildman–Crippen LogP) is 3.08. The fraction of sp³-hybridized carbons (Fsp3) is 0.800. The van der Waals surface area contributed by atoms with E-state index in [4.69, 9.17) is 4.74 Å². The highest BCUT2D eigenvalue weighted by atomic mass is 32.1. The van der Waals surface area contributed by atoms with Gasteiger partial charge in [-0.1, -0.05) is 11.3 Å². The van der Waals surface area contributed by atoms with Crippen LogP contribution in [0.3, 0.4) is 0 Å². The Morgan fingerprint density at radius 3 is 2.82 bits per heavy atom. The zero-order chi connectivity index (χ0) is 15.7. The largest absolute Gasteiger partial charge is 0.444 e. The second-order valence-corrected chi connectivity index (χ2v) is 8.19. The first-order chi connectivity index (χ1) is 10.4. The summed E-state index contributed by atoms with van der Waals surface area (Å²) >= 11 is 1.66. The number of hydrogen-bond donors (Lipinski definition) is 1. The van der Waals surface area contributed by atoms with E-state index < -0.39 is 5.60 Å². The molecule has 1 atom stereocenters. The van der Waals surface area contributed by atoms with Crippen molar-refractivity contribution in [2.45, 2.75) is 51.6 Å². The summed E-state index contributed by atoms with van der Waals surface area (Å²) < 4.78 is 5.42. The van der Waals surface area contributed by atoms with E-state index in [9.17, 15) is 4.79 Å². The van der Waals surface area contributed by atoms with E-state index in [0.717, 1.165) is 36.2 Å². The van der Waals surface area contributed by atoms with Crippen LogP contribution in [0, 0.1) is 5.92 Å². The van der Waals surface area contributed by atoms with E-state index in [1.807, 2.05) is 20.8 Å². The number of carbonyl (C=O) groups is 1. The molecule has 7 heteroatoms. The number of likely N-dealkylation sites (tertiary alicyclic amines) is 1. The Balaban J connectivity index is 1.43. The molecule has 22 heavy (non-hydrogen) atoms. The molecule has 3 rings (SSSR count). The minimum Gasteiger partial charge on any atom is -0.444 e. The first kappa shape index (κ1) is 15.5. The van der Waals surface area contributed by atoms with Gasteiger partial charge in [0.2, 0.25) is 5.13 Å². The van der Waals surface area contributed by atoms with E-state index in [-0.39, 0.29) is 6.09 Å². The molecule has 1 N–H and O–H groups in total. The molecule has 1 aliphatic carbocycles. The van der Waals surface area contributed by atoms with Crippen molar-refractivity contribution in [3.8, 4) is 0 Å². The van der Waals surface area contributed by atoms with Crippen LogP contribution in [0.4, 0.5) is 9.93 Å². The maximum absolute atomic E-state index is 12.0. The molecule has 2 fully saturated rings. The smallest absolute Gasteiger partial charge is 0.410 e. The van der Waals surface area contributed by atoms with Crippen LogP contribution in [0.1, 0.15) is 51.0 Å². The van der Waals surface area contributed by atoms with Gasteiger partial charge in [0.15, 0.2) is 0 Å². The lowest BCUT2D eigenvalue weighted by Gasteiger charge is -2.24. The maximum atomic E-state index is 12.0. The normalized spacial score (nSPS) is 22.0. The fourth-order valence-electron chi connectivity index (χ4n) is 2.52. The van der Waals surface area contributed by atoms with Gasteiger partial charge in [0.05, 0.1) is 0 Å². The molecule has 122 valence electrons. The van der Waals surface area contributed by atoms with E-state index >= 15 is 0 Å². The van der Waals surface area contributed by atoms with Crippen molar-refractivity contribution in [2.24, 2.45) is 5.92 Å². The van der Waals surface area contributed by atoms with E-state index in [1.54, 1.807) is 16.2 Å². The molecule has 2 aliphatic rings. The Morgan fingerprint density at radius 2 is 2.14 bits per heavy atom. The summed E-state index contributed by atoms with van der Waals surface area (Å²) in [6.07, 6.45) is 3.30. The number of nitrogens with one attached hydrogen (secondary N) is 1. The third-order valence-electron chi connectivity index (χ3n) is 3.85. The van der Waals surface area contributed by atoms with Crippen LogP contribution >= 0.6 is 11.3 Å². The van der Waals surface area contributed by atoms with Gasteiger partial charge < -0.3 is 15.0 Å². The van der Waals surface area contributed by atoms with Gasteiger partial charge in [-0.3, -0.25) is 0 Å². The first-order valence-electron chi connectivity index (χ1n) is 7.96. The average molecular weight is 324 g/mol. The number of aromatic nitrogens is 2. The summed E-state index contributed by atoms with van der Waals surface area (Å²) in [6, 6.07) is 0. The number of amides is 1. The molecular weight excluding hydrogens is 300 g/mol. The van der Waals surface area contributed by atoms with Gasteiger partial charge in [0.25, 0.3) is 0 Å². The third kappa shape index (κ3) is 4.09. The van der Waals surface area contributed by atoms with E-state index in [2.05, 4.69) is 15.5 Å². The molecule has 6 nitrogen and oxygen atoms in total. The zero-order valence-corrected chi connectivity index (χ0v) is 14.3. The zero-order valence-electron chi connectivity index (χ0n) is 13.5. The number of carbonyl (C=O) groups excluding carboxylic acids is 1. The minimum absolute atomic E-state index is 0.207. The van der Waals surface area contributed by atoms with Gasteiger partial charge in [-0.15, -0.1) is 10.2 Å². The number of anilines is 1. The van der Waals surface area contributed by atoms with Gasteiger partial charge in [-0.05, 0) is 46.0 Å². The molecule has 1 aromatic heterocycles. The number of nitrogens with zero attached hydrogens (tertiary/aromatic N) is 3. The van der Waals surface area contributed by atoms with Gasteiger partial charge in [-0.25, -0.2) is 4.79 Å². The number of ether oxygens (including phenoxy) is 1. The highest BCUT2D eigenvalue weighted by molar-refractivity contribution is 7.15. The Kier molecular flexibility index (Phi) is 4.25. The molecular formula is C15H24N4O2S. The summed E-state index contributed by atoms with van der Waals surface area (Å²) in [5.41, 5.74) is -0.431. The van der Waals surface area contributed by atoms with Gasteiger partial charge in [0.1, 0.15) is 10.6 Å². The molecule has 0 spiro atoms. The predicted molar refractivity (Wildman–Crippen MR) is 86.3 cm³/mol. The molecule has 0 bridgehead atoms. The Morgan fingerprint density at radius 1 is 1.36 bits per heavy atom. The number of hydrogen-bond acceptors (Lipinski definition) is 6. The van der Waals surface area contributed by atoms with Crippen LogP contribution in [0.5, 0.6) is 0 Å². The summed E-state index contributed by atoms with van der Waals surface area (Å²) in [4.78, 5) is 13.8. The topological polar surface area (TPSA) is 67.3 Å². The van der Waals surface area contributed by atoms with Crippen LogP contribution in [-0.2, 0) is 4.74 Å². The Bertz CT molecular complexity index is 536. The summed E-state index contributed by atoms with van der Waals surface area (Å²) in [7, 11) is 0. The van der Waals surface area contributed by atoms with Crippen molar-refractivity contribution in [1.82, 2.24) is 15.1 Å². The van der Waals surface area contributed by atoms with Crippen LogP contribution < -0.4 is 5.32 Å². The average Bonchev–Trinajstić information content (AvgIpc) is 2.99. The molecule has 0 unspecified atom stereocenters. The van der Waals surface area contributed by atoms with E-state index in [0.29, 0.717) is 11.8 Å². The molecule has 1 saturated carbocycles. The van der Waals surface area contributed by atoms with Crippen molar-refractivity contribution < 1.29 is 9.53 Å². The Labute approximate surface area is 135 Å². The summed E-state index contributed by atoms with van der Waals surface area (Å²) in [5, 5.41) is 13.8. The van der Waals surface area contributed by atoms with Gasteiger partial charge >= 0.3 is 6.09 Å². The fourth-order valence-corrected chi connectivity index (χ4v) is 3.44. The second kappa shape index (κ2) is 6.02. The summed E-state index contributed by atoms with van der Waals surface area (Å²) in [6.45, 7) is 8.03. The van der Waals surface area contributed by atoms with Crippen LogP contribution in [0.25, 0.3) is 0 Å².